The van der Waals surface area contributed by atoms with Gasteiger partial charge in [0.2, 0.25) is 0 Å². The minimum Gasteiger partial charge on any atom is -0.493 e. The highest BCUT2D eigenvalue weighted by Gasteiger charge is 2.14. The second-order valence-electron chi connectivity index (χ2n) is 6.44. The number of aromatic nitrogens is 1. The highest BCUT2D eigenvalue weighted by molar-refractivity contribution is 14.0. The van der Waals surface area contributed by atoms with Gasteiger partial charge in [0.15, 0.2) is 17.5 Å². The topological polar surface area (TPSA) is 68.2 Å². The zero-order chi connectivity index (χ0) is 22.1. The molecular weight excluding hydrogens is 541 g/mol. The van der Waals surface area contributed by atoms with Gasteiger partial charge in [0.25, 0.3) is 0 Å². The van der Waals surface area contributed by atoms with E-state index in [1.165, 1.54) is 13.2 Å². The number of thiazole rings is 1. The van der Waals surface area contributed by atoms with Gasteiger partial charge in [-0.2, -0.15) is 8.78 Å². The third kappa shape index (κ3) is 8.37. The standard InChI is InChI=1S/C20H28F2N4O3S.HI/c1-6-23-20(26(3)11-15-12-30-18(25-15)13(2)27-4)24-10-14-7-8-16(28-5)17(9-14)29-19(21)22;/h7-9,12-13,19H,6,10-11H2,1-5H3,(H,23,24);1H. The second kappa shape index (κ2) is 13.6. The van der Waals surface area contributed by atoms with Crippen molar-refractivity contribution in [1.82, 2.24) is 15.2 Å². The molecule has 0 saturated heterocycles. The number of ether oxygens (including phenoxy) is 3. The molecule has 1 aromatic heterocycles. The van der Waals surface area contributed by atoms with Crippen molar-refractivity contribution in [2.45, 2.75) is 39.7 Å². The van der Waals surface area contributed by atoms with Crippen LogP contribution in [0.3, 0.4) is 0 Å². The molecule has 1 aromatic carbocycles. The van der Waals surface area contributed by atoms with Gasteiger partial charge in [0.1, 0.15) is 11.1 Å². The summed E-state index contributed by atoms with van der Waals surface area (Å²) in [5.74, 6) is 0.913. The molecule has 2 rings (SSSR count). The van der Waals surface area contributed by atoms with Crippen molar-refractivity contribution in [3.05, 3.63) is 39.8 Å². The average Bonchev–Trinajstić information content (AvgIpc) is 3.18. The lowest BCUT2D eigenvalue weighted by molar-refractivity contribution is -0.0512. The molecule has 174 valence electrons. The third-order valence-electron chi connectivity index (χ3n) is 4.22. The molecule has 0 radical (unpaired) electrons. The van der Waals surface area contributed by atoms with E-state index < -0.39 is 6.61 Å². The van der Waals surface area contributed by atoms with E-state index in [1.807, 2.05) is 31.2 Å². The molecule has 0 fully saturated rings. The first-order valence-electron chi connectivity index (χ1n) is 9.46. The number of alkyl halides is 2. The third-order valence-corrected chi connectivity index (χ3v) is 5.28. The molecule has 0 aliphatic heterocycles. The molecule has 11 heteroatoms. The van der Waals surface area contributed by atoms with E-state index in [1.54, 1.807) is 30.6 Å². The van der Waals surface area contributed by atoms with Gasteiger partial charge in [0.05, 0.1) is 25.9 Å². The molecule has 0 saturated carbocycles. The molecule has 0 aliphatic carbocycles. The van der Waals surface area contributed by atoms with E-state index in [2.05, 4.69) is 20.0 Å². The molecule has 31 heavy (non-hydrogen) atoms. The zero-order valence-electron chi connectivity index (χ0n) is 18.2. The monoisotopic (exact) mass is 570 g/mol. The Morgan fingerprint density at radius 1 is 1.29 bits per heavy atom. The predicted octanol–water partition coefficient (Wildman–Crippen LogP) is 4.68. The van der Waals surface area contributed by atoms with Crippen LogP contribution in [-0.2, 0) is 17.8 Å². The van der Waals surface area contributed by atoms with Gasteiger partial charge >= 0.3 is 6.61 Å². The van der Waals surface area contributed by atoms with Crippen LogP contribution < -0.4 is 14.8 Å². The maximum atomic E-state index is 12.6. The molecule has 1 unspecified atom stereocenters. The van der Waals surface area contributed by atoms with E-state index in [4.69, 9.17) is 9.47 Å². The first-order valence-corrected chi connectivity index (χ1v) is 10.3. The molecule has 1 atom stereocenters. The first-order chi connectivity index (χ1) is 14.4. The molecular formula is C20H29F2IN4O3S. The highest BCUT2D eigenvalue weighted by Crippen LogP contribution is 2.29. The smallest absolute Gasteiger partial charge is 0.387 e. The lowest BCUT2D eigenvalue weighted by atomic mass is 10.2. The van der Waals surface area contributed by atoms with Gasteiger partial charge in [-0.3, -0.25) is 0 Å². The summed E-state index contributed by atoms with van der Waals surface area (Å²) in [7, 11) is 4.98. The lowest BCUT2D eigenvalue weighted by Crippen LogP contribution is -2.38. The molecule has 1 N–H and O–H groups in total. The van der Waals surface area contributed by atoms with Crippen LogP contribution in [0.1, 0.15) is 36.2 Å². The highest BCUT2D eigenvalue weighted by atomic mass is 127. The van der Waals surface area contributed by atoms with Gasteiger partial charge in [-0.25, -0.2) is 9.98 Å². The number of hydrogen-bond donors (Lipinski definition) is 1. The van der Waals surface area contributed by atoms with E-state index in [9.17, 15) is 8.78 Å². The Hall–Kier alpha value is -1.73. The number of benzene rings is 1. The molecule has 0 aliphatic rings. The van der Waals surface area contributed by atoms with Crippen LogP contribution >= 0.6 is 35.3 Å². The minimum atomic E-state index is -2.93. The Labute approximate surface area is 202 Å². The fourth-order valence-corrected chi connectivity index (χ4v) is 3.49. The van der Waals surface area contributed by atoms with Crippen LogP contribution in [0.2, 0.25) is 0 Å². The van der Waals surface area contributed by atoms with Crippen LogP contribution in [0.4, 0.5) is 8.78 Å². The van der Waals surface area contributed by atoms with Crippen LogP contribution in [-0.4, -0.2) is 50.3 Å². The minimum absolute atomic E-state index is 0. The number of methoxy groups -OCH3 is 2. The van der Waals surface area contributed by atoms with Crippen LogP contribution in [0.15, 0.2) is 28.6 Å². The summed E-state index contributed by atoms with van der Waals surface area (Å²) in [4.78, 5) is 11.2. The quantitative estimate of drug-likeness (QED) is 0.255. The van der Waals surface area contributed by atoms with Gasteiger partial charge in [-0.15, -0.1) is 35.3 Å². The molecule has 7 nitrogen and oxygen atoms in total. The van der Waals surface area contributed by atoms with Crippen molar-refractivity contribution in [1.29, 1.82) is 0 Å². The Morgan fingerprint density at radius 2 is 2.03 bits per heavy atom. The van der Waals surface area contributed by atoms with Crippen molar-refractivity contribution in [2.24, 2.45) is 4.99 Å². The van der Waals surface area contributed by atoms with Crippen molar-refractivity contribution in [3.63, 3.8) is 0 Å². The Bertz CT molecular complexity index is 839. The Morgan fingerprint density at radius 3 is 2.65 bits per heavy atom. The number of nitrogens with one attached hydrogen (secondary N) is 1. The van der Waals surface area contributed by atoms with Crippen molar-refractivity contribution in [2.75, 3.05) is 27.8 Å². The van der Waals surface area contributed by atoms with Gasteiger partial charge in [-0.1, -0.05) is 6.07 Å². The predicted molar refractivity (Wildman–Crippen MR) is 129 cm³/mol. The molecule has 1 heterocycles. The molecule has 0 amide bonds. The maximum Gasteiger partial charge on any atom is 0.387 e. The summed E-state index contributed by atoms with van der Waals surface area (Å²) in [6, 6.07) is 4.87. The van der Waals surface area contributed by atoms with Crippen LogP contribution in [0, 0.1) is 0 Å². The number of guanidine groups is 1. The summed E-state index contributed by atoms with van der Waals surface area (Å²) < 4.78 is 40.2. The largest absolute Gasteiger partial charge is 0.493 e. The zero-order valence-corrected chi connectivity index (χ0v) is 21.4. The maximum absolute atomic E-state index is 12.6. The summed E-state index contributed by atoms with van der Waals surface area (Å²) in [6.45, 7) is 2.56. The fraction of sp³-hybridized carbons (Fsp3) is 0.500. The molecule has 0 bridgehead atoms. The Balaban J connectivity index is 0.00000480. The van der Waals surface area contributed by atoms with Gasteiger partial charge in [0, 0.05) is 26.1 Å². The average molecular weight is 570 g/mol. The van der Waals surface area contributed by atoms with E-state index in [-0.39, 0.29) is 41.6 Å². The molecule has 2 aromatic rings. The van der Waals surface area contributed by atoms with E-state index >= 15 is 0 Å². The first kappa shape index (κ1) is 27.3. The summed E-state index contributed by atoms with van der Waals surface area (Å²) in [5.41, 5.74) is 1.64. The summed E-state index contributed by atoms with van der Waals surface area (Å²) >= 11 is 1.56. The Kier molecular flexibility index (Phi) is 12.0. The van der Waals surface area contributed by atoms with Crippen molar-refractivity contribution in [3.8, 4) is 11.5 Å². The summed E-state index contributed by atoms with van der Waals surface area (Å²) in [6.07, 6.45) is -0.0457. The number of nitrogens with zero attached hydrogens (tertiary/aromatic N) is 3. The van der Waals surface area contributed by atoms with Crippen molar-refractivity contribution >= 4 is 41.3 Å². The number of aliphatic imine (C=N–C) groups is 1. The lowest BCUT2D eigenvalue weighted by Gasteiger charge is -2.21. The fourth-order valence-electron chi connectivity index (χ4n) is 2.64. The van der Waals surface area contributed by atoms with Crippen LogP contribution in [0.25, 0.3) is 0 Å². The number of hydrogen-bond acceptors (Lipinski definition) is 6. The van der Waals surface area contributed by atoms with Gasteiger partial charge < -0.3 is 24.4 Å². The van der Waals surface area contributed by atoms with Crippen molar-refractivity contribution < 1.29 is 23.0 Å². The summed E-state index contributed by atoms with van der Waals surface area (Å²) in [5, 5.41) is 6.16. The second-order valence-corrected chi connectivity index (χ2v) is 7.33. The van der Waals surface area contributed by atoms with Gasteiger partial charge in [-0.05, 0) is 31.5 Å². The van der Waals surface area contributed by atoms with E-state index in [0.717, 1.165) is 16.3 Å². The SMILES string of the molecule is CCNC(=NCc1ccc(OC)c(OC(F)F)c1)N(C)Cc1csc(C(C)OC)n1.I. The van der Waals surface area contributed by atoms with E-state index in [0.29, 0.717) is 25.6 Å². The normalized spacial score (nSPS) is 12.3. The van der Waals surface area contributed by atoms with Crippen LogP contribution in [0.5, 0.6) is 11.5 Å². The number of halogens is 3. The molecule has 0 spiro atoms. The number of rotatable bonds is 10.